The fraction of sp³-hybridized carbons (Fsp3) is 0.308. The fourth-order valence-electron chi connectivity index (χ4n) is 4.16. The van der Waals surface area contributed by atoms with Crippen LogP contribution in [0, 0.1) is 27.7 Å². The number of aryl methyl sites for hydroxylation is 4. The highest BCUT2D eigenvalue weighted by molar-refractivity contribution is 6.00. The van der Waals surface area contributed by atoms with Crippen LogP contribution in [0.3, 0.4) is 0 Å². The molecule has 2 aromatic carbocycles. The fourth-order valence-corrected chi connectivity index (χ4v) is 4.16. The van der Waals surface area contributed by atoms with E-state index in [0.29, 0.717) is 17.6 Å². The molecular weight excluding hydrogens is 390 g/mol. The van der Waals surface area contributed by atoms with Crippen molar-refractivity contribution in [1.29, 1.82) is 0 Å². The summed E-state index contributed by atoms with van der Waals surface area (Å²) in [7, 11) is 0. The number of furan rings is 1. The van der Waals surface area contributed by atoms with Crippen molar-refractivity contribution in [3.8, 4) is 0 Å². The molecule has 0 unspecified atom stereocenters. The molecule has 5 nitrogen and oxygen atoms in total. The van der Waals surface area contributed by atoms with E-state index in [2.05, 4.69) is 5.32 Å². The third kappa shape index (κ3) is 3.76. The van der Waals surface area contributed by atoms with Crippen LogP contribution in [-0.4, -0.2) is 5.91 Å². The minimum atomic E-state index is -0.392. The zero-order valence-electron chi connectivity index (χ0n) is 18.6. The van der Waals surface area contributed by atoms with Crippen LogP contribution in [0.15, 0.2) is 50.0 Å². The molecule has 31 heavy (non-hydrogen) atoms. The van der Waals surface area contributed by atoms with Gasteiger partial charge in [-0.2, -0.15) is 0 Å². The average molecular weight is 418 g/mol. The minimum Gasteiger partial charge on any atom is -0.461 e. The second-order valence-electron chi connectivity index (χ2n) is 8.23. The lowest BCUT2D eigenvalue weighted by molar-refractivity contribution is -0.121. The highest BCUT2D eigenvalue weighted by Crippen LogP contribution is 2.34. The summed E-state index contributed by atoms with van der Waals surface area (Å²) >= 11 is 0. The molecule has 5 heteroatoms. The highest BCUT2D eigenvalue weighted by Gasteiger charge is 2.19. The van der Waals surface area contributed by atoms with E-state index in [0.717, 1.165) is 44.4 Å². The van der Waals surface area contributed by atoms with Crippen LogP contribution < -0.4 is 10.9 Å². The van der Waals surface area contributed by atoms with Gasteiger partial charge in [0.2, 0.25) is 5.91 Å². The van der Waals surface area contributed by atoms with Crippen LogP contribution in [0.4, 0.5) is 0 Å². The van der Waals surface area contributed by atoms with Gasteiger partial charge >= 0.3 is 5.63 Å². The first-order chi connectivity index (χ1) is 14.8. The number of benzene rings is 2. The zero-order chi connectivity index (χ0) is 22.3. The van der Waals surface area contributed by atoms with Crippen LogP contribution in [0.2, 0.25) is 0 Å². The molecule has 0 saturated heterocycles. The number of fused-ring (bicyclic) bond motifs is 2. The Morgan fingerprint density at radius 2 is 1.58 bits per heavy atom. The standard InChI is InChI=1S/C26H27NO4/c1-14-18(5)30-24-16(3)25-22(13-21(14)24)15(2)20(26(29)31-25)11-12-23(28)27-17(4)19-9-7-6-8-10-19/h6-10,13,17H,11-12H2,1-5H3,(H,27,28)/t17-/m0/s1. The summed E-state index contributed by atoms with van der Waals surface area (Å²) in [6.07, 6.45) is 0.553. The molecule has 0 aliphatic heterocycles. The largest absolute Gasteiger partial charge is 0.461 e. The van der Waals surface area contributed by atoms with E-state index in [-0.39, 0.29) is 18.4 Å². The van der Waals surface area contributed by atoms with Gasteiger partial charge in [0.25, 0.3) is 0 Å². The molecule has 2 heterocycles. The van der Waals surface area contributed by atoms with Gasteiger partial charge in [0.05, 0.1) is 6.04 Å². The van der Waals surface area contributed by atoms with E-state index in [4.69, 9.17) is 8.83 Å². The maximum Gasteiger partial charge on any atom is 0.339 e. The van der Waals surface area contributed by atoms with Gasteiger partial charge in [0, 0.05) is 28.3 Å². The molecule has 1 amide bonds. The summed E-state index contributed by atoms with van der Waals surface area (Å²) in [4.78, 5) is 25.2. The monoisotopic (exact) mass is 417 g/mol. The lowest BCUT2D eigenvalue weighted by atomic mass is 9.98. The van der Waals surface area contributed by atoms with Crippen molar-refractivity contribution in [2.45, 2.75) is 53.5 Å². The number of carbonyl (C=O) groups excluding carboxylic acids is 1. The van der Waals surface area contributed by atoms with Crippen molar-refractivity contribution >= 4 is 27.8 Å². The van der Waals surface area contributed by atoms with Gasteiger partial charge in [-0.3, -0.25) is 4.79 Å². The third-order valence-electron chi connectivity index (χ3n) is 6.22. The van der Waals surface area contributed by atoms with E-state index in [1.54, 1.807) is 0 Å². The predicted octanol–water partition coefficient (Wildman–Crippen LogP) is 5.58. The van der Waals surface area contributed by atoms with Crippen molar-refractivity contribution in [3.63, 3.8) is 0 Å². The summed E-state index contributed by atoms with van der Waals surface area (Å²) in [5, 5.41) is 4.92. The predicted molar refractivity (Wildman–Crippen MR) is 123 cm³/mol. The Morgan fingerprint density at radius 3 is 2.29 bits per heavy atom. The molecule has 0 spiro atoms. The summed E-state index contributed by atoms with van der Waals surface area (Å²) in [5.41, 5.74) is 5.27. The van der Waals surface area contributed by atoms with Crippen LogP contribution in [0.25, 0.3) is 21.9 Å². The topological polar surface area (TPSA) is 72.5 Å². The SMILES string of the molecule is Cc1oc2c(C)c3oc(=O)c(CCC(=O)N[C@@H](C)c4ccccc4)c(C)c3cc2c1C. The molecule has 0 saturated carbocycles. The Kier molecular flexibility index (Phi) is 5.44. The number of nitrogens with one attached hydrogen (secondary N) is 1. The van der Waals surface area contributed by atoms with E-state index in [1.807, 2.05) is 71.0 Å². The average Bonchev–Trinajstić information content (AvgIpc) is 3.04. The second-order valence-corrected chi connectivity index (χ2v) is 8.23. The summed E-state index contributed by atoms with van der Waals surface area (Å²) in [6.45, 7) is 9.75. The van der Waals surface area contributed by atoms with Crippen molar-refractivity contribution < 1.29 is 13.6 Å². The molecule has 2 aromatic heterocycles. The lowest BCUT2D eigenvalue weighted by Crippen LogP contribution is -2.27. The van der Waals surface area contributed by atoms with Gasteiger partial charge in [-0.25, -0.2) is 4.79 Å². The highest BCUT2D eigenvalue weighted by atomic mass is 16.4. The molecule has 0 bridgehead atoms. The Morgan fingerprint density at radius 1 is 0.935 bits per heavy atom. The minimum absolute atomic E-state index is 0.0916. The number of hydrogen-bond acceptors (Lipinski definition) is 4. The van der Waals surface area contributed by atoms with Crippen molar-refractivity contribution in [2.75, 3.05) is 0 Å². The molecule has 1 atom stereocenters. The maximum absolute atomic E-state index is 12.7. The number of carbonyl (C=O) groups is 1. The first-order valence-electron chi connectivity index (χ1n) is 10.6. The molecule has 0 aliphatic rings. The Labute approximate surface area is 181 Å². The van der Waals surface area contributed by atoms with Gasteiger partial charge in [-0.1, -0.05) is 30.3 Å². The van der Waals surface area contributed by atoms with E-state index in [1.165, 1.54) is 0 Å². The summed E-state index contributed by atoms with van der Waals surface area (Å²) in [5.74, 6) is 0.765. The van der Waals surface area contributed by atoms with Gasteiger partial charge in [0.15, 0.2) is 0 Å². The molecule has 4 rings (SSSR count). The maximum atomic E-state index is 12.7. The molecule has 1 N–H and O–H groups in total. The summed E-state index contributed by atoms with van der Waals surface area (Å²) < 4.78 is 11.6. The Balaban J connectivity index is 1.62. The van der Waals surface area contributed by atoms with Crippen molar-refractivity contribution in [1.82, 2.24) is 5.32 Å². The molecule has 0 aliphatic carbocycles. The van der Waals surface area contributed by atoms with Crippen molar-refractivity contribution in [3.05, 3.63) is 80.4 Å². The van der Waals surface area contributed by atoms with Crippen LogP contribution in [0.1, 0.15) is 53.0 Å². The molecular formula is C26H27NO4. The van der Waals surface area contributed by atoms with Crippen LogP contribution in [-0.2, 0) is 11.2 Å². The van der Waals surface area contributed by atoms with Gasteiger partial charge in [0.1, 0.15) is 16.9 Å². The van der Waals surface area contributed by atoms with Gasteiger partial charge < -0.3 is 14.2 Å². The van der Waals surface area contributed by atoms with E-state index >= 15 is 0 Å². The third-order valence-corrected chi connectivity index (χ3v) is 6.22. The van der Waals surface area contributed by atoms with Crippen molar-refractivity contribution in [2.24, 2.45) is 0 Å². The van der Waals surface area contributed by atoms with E-state index < -0.39 is 5.63 Å². The Bertz CT molecular complexity index is 1350. The number of rotatable bonds is 5. The van der Waals surface area contributed by atoms with E-state index in [9.17, 15) is 9.59 Å². The number of amides is 1. The second kappa shape index (κ2) is 8.06. The van der Waals surface area contributed by atoms with Crippen LogP contribution >= 0.6 is 0 Å². The van der Waals surface area contributed by atoms with Crippen LogP contribution in [0.5, 0.6) is 0 Å². The van der Waals surface area contributed by atoms with Gasteiger partial charge in [-0.05, 0) is 63.8 Å². The van der Waals surface area contributed by atoms with Gasteiger partial charge in [-0.15, -0.1) is 0 Å². The molecule has 0 radical (unpaired) electrons. The molecule has 160 valence electrons. The first kappa shape index (κ1) is 20.9. The Hall–Kier alpha value is -3.34. The molecule has 4 aromatic rings. The smallest absolute Gasteiger partial charge is 0.339 e. The molecule has 0 fully saturated rings. The lowest BCUT2D eigenvalue weighted by Gasteiger charge is -2.14. The first-order valence-corrected chi connectivity index (χ1v) is 10.6. The summed E-state index contributed by atoms with van der Waals surface area (Å²) in [6, 6.07) is 11.7. The normalized spacial score (nSPS) is 12.4. The quantitative estimate of drug-likeness (QED) is 0.430. The zero-order valence-corrected chi connectivity index (χ0v) is 18.6. The number of hydrogen-bond donors (Lipinski definition) is 1.